The van der Waals surface area contributed by atoms with Crippen LogP contribution < -0.4 is 10.2 Å². The number of aliphatic carboxylic acids is 1. The first-order valence-corrected chi connectivity index (χ1v) is 8.03. The van der Waals surface area contributed by atoms with Crippen LogP contribution in [0.1, 0.15) is 15.9 Å². The minimum absolute atomic E-state index is 0.124. The number of benzene rings is 3. The van der Waals surface area contributed by atoms with Crippen molar-refractivity contribution >= 4 is 28.9 Å². The predicted octanol–water partition coefficient (Wildman–Crippen LogP) is 2.77. The van der Waals surface area contributed by atoms with Crippen LogP contribution in [0.5, 0.6) is 11.5 Å². The Morgan fingerprint density at radius 3 is 2.37 bits per heavy atom. The molecule has 0 aliphatic carbocycles. The maximum absolute atomic E-state index is 12.2. The molecule has 0 saturated carbocycles. The number of nitrogens with one attached hydrogen (secondary N) is 1. The van der Waals surface area contributed by atoms with Crippen LogP contribution in [0, 0.1) is 0 Å². The third-order valence-corrected chi connectivity index (χ3v) is 3.73. The van der Waals surface area contributed by atoms with E-state index in [9.17, 15) is 14.7 Å². The number of aromatic hydroxyl groups is 1. The van der Waals surface area contributed by atoms with Crippen LogP contribution in [0.3, 0.4) is 0 Å². The Labute approximate surface area is 154 Å². The molecule has 136 valence electrons. The minimum Gasteiger partial charge on any atom is -0.507 e. The molecule has 0 fully saturated rings. The summed E-state index contributed by atoms with van der Waals surface area (Å²) >= 11 is 0. The van der Waals surface area contributed by atoms with Crippen molar-refractivity contribution < 1.29 is 24.5 Å². The van der Waals surface area contributed by atoms with Crippen molar-refractivity contribution in [3.8, 4) is 11.5 Å². The van der Waals surface area contributed by atoms with Gasteiger partial charge in [-0.25, -0.2) is 10.2 Å². The van der Waals surface area contributed by atoms with E-state index in [1.54, 1.807) is 30.3 Å². The Bertz CT molecular complexity index is 1010. The number of hydrogen-bond acceptors (Lipinski definition) is 5. The van der Waals surface area contributed by atoms with Crippen LogP contribution in [0.15, 0.2) is 65.8 Å². The molecule has 3 aromatic rings. The molecule has 0 spiro atoms. The van der Waals surface area contributed by atoms with Crippen molar-refractivity contribution in [1.82, 2.24) is 5.43 Å². The summed E-state index contributed by atoms with van der Waals surface area (Å²) in [6.07, 6.45) is 1.43. The molecule has 0 heterocycles. The third-order valence-electron chi connectivity index (χ3n) is 3.73. The molecule has 0 aromatic heterocycles. The van der Waals surface area contributed by atoms with Crippen LogP contribution >= 0.6 is 0 Å². The summed E-state index contributed by atoms with van der Waals surface area (Å²) in [5.41, 5.74) is 3.18. The molecule has 3 rings (SSSR count). The van der Waals surface area contributed by atoms with E-state index in [2.05, 4.69) is 10.5 Å². The highest BCUT2D eigenvalue weighted by Crippen LogP contribution is 2.24. The van der Waals surface area contributed by atoms with Crippen molar-refractivity contribution in [1.29, 1.82) is 0 Å². The van der Waals surface area contributed by atoms with Crippen molar-refractivity contribution in [2.45, 2.75) is 0 Å². The Kier molecular flexibility index (Phi) is 5.32. The second-order valence-corrected chi connectivity index (χ2v) is 5.67. The summed E-state index contributed by atoms with van der Waals surface area (Å²) < 4.78 is 5.03. The molecule has 0 bridgehead atoms. The highest BCUT2D eigenvalue weighted by molar-refractivity contribution is 6.01. The van der Waals surface area contributed by atoms with E-state index in [0.717, 1.165) is 10.8 Å². The summed E-state index contributed by atoms with van der Waals surface area (Å²) in [6, 6.07) is 17.1. The van der Waals surface area contributed by atoms with Crippen molar-refractivity contribution in [2.75, 3.05) is 6.61 Å². The van der Waals surface area contributed by atoms with E-state index in [1.807, 2.05) is 24.3 Å². The number of fused-ring (bicyclic) bond motifs is 1. The molecule has 0 aliphatic rings. The quantitative estimate of drug-likeness (QED) is 0.460. The Morgan fingerprint density at radius 2 is 1.70 bits per heavy atom. The first kappa shape index (κ1) is 17.9. The van der Waals surface area contributed by atoms with Crippen molar-refractivity contribution in [3.05, 3.63) is 71.8 Å². The smallest absolute Gasteiger partial charge is 0.341 e. The van der Waals surface area contributed by atoms with Gasteiger partial charge in [-0.2, -0.15) is 5.10 Å². The summed E-state index contributed by atoms with van der Waals surface area (Å²) in [5.74, 6) is -1.29. The predicted molar refractivity (Wildman–Crippen MR) is 100 cm³/mol. The fourth-order valence-corrected chi connectivity index (χ4v) is 2.43. The van der Waals surface area contributed by atoms with Gasteiger partial charge in [0.15, 0.2) is 6.61 Å². The van der Waals surface area contributed by atoms with E-state index in [1.165, 1.54) is 12.3 Å². The van der Waals surface area contributed by atoms with Gasteiger partial charge in [-0.05, 0) is 52.7 Å². The molecule has 27 heavy (non-hydrogen) atoms. The molecule has 0 atom stereocenters. The first-order chi connectivity index (χ1) is 13.0. The molecule has 7 nitrogen and oxygen atoms in total. The zero-order valence-electron chi connectivity index (χ0n) is 14.1. The zero-order chi connectivity index (χ0) is 19.2. The normalized spacial score (nSPS) is 10.8. The fourth-order valence-electron chi connectivity index (χ4n) is 2.43. The van der Waals surface area contributed by atoms with Crippen LogP contribution in [-0.4, -0.2) is 34.9 Å². The lowest BCUT2D eigenvalue weighted by molar-refractivity contribution is -0.139. The highest BCUT2D eigenvalue weighted by atomic mass is 16.5. The SMILES string of the molecule is O=C(O)COc1ccc(/C=N/NC(=O)c2cc3ccccc3cc2O)cc1. The summed E-state index contributed by atoms with van der Waals surface area (Å²) in [7, 11) is 0. The van der Waals surface area contributed by atoms with Gasteiger partial charge in [0.1, 0.15) is 11.5 Å². The Balaban J connectivity index is 1.65. The average Bonchev–Trinajstić information content (AvgIpc) is 2.66. The number of carboxylic acids is 1. The van der Waals surface area contributed by atoms with E-state index >= 15 is 0 Å². The van der Waals surface area contributed by atoms with Crippen LogP contribution in [-0.2, 0) is 4.79 Å². The molecular formula is C20H16N2O5. The van der Waals surface area contributed by atoms with E-state index in [0.29, 0.717) is 11.3 Å². The summed E-state index contributed by atoms with van der Waals surface area (Å²) in [5, 5.41) is 24.2. The number of hydrogen-bond donors (Lipinski definition) is 3. The molecular weight excluding hydrogens is 348 g/mol. The average molecular weight is 364 g/mol. The molecule has 0 radical (unpaired) electrons. The number of phenolic OH excluding ortho intramolecular Hbond substituents is 1. The molecule has 0 saturated heterocycles. The van der Waals surface area contributed by atoms with Gasteiger partial charge in [-0.3, -0.25) is 4.79 Å². The van der Waals surface area contributed by atoms with E-state index in [-0.39, 0.29) is 11.3 Å². The van der Waals surface area contributed by atoms with Gasteiger partial charge in [0, 0.05) is 0 Å². The largest absolute Gasteiger partial charge is 0.507 e. The zero-order valence-corrected chi connectivity index (χ0v) is 14.1. The number of hydrazone groups is 1. The number of carboxylic acid groups (broad SMARTS) is 1. The minimum atomic E-state index is -1.06. The topological polar surface area (TPSA) is 108 Å². The van der Waals surface area contributed by atoms with Crippen molar-refractivity contribution in [2.24, 2.45) is 5.10 Å². The number of nitrogens with zero attached hydrogens (tertiary/aromatic N) is 1. The first-order valence-electron chi connectivity index (χ1n) is 8.03. The number of carbonyl (C=O) groups is 2. The van der Waals surface area contributed by atoms with Gasteiger partial charge in [0.25, 0.3) is 5.91 Å². The van der Waals surface area contributed by atoms with E-state index in [4.69, 9.17) is 9.84 Å². The van der Waals surface area contributed by atoms with Gasteiger partial charge in [-0.1, -0.05) is 24.3 Å². The van der Waals surface area contributed by atoms with Crippen LogP contribution in [0.4, 0.5) is 0 Å². The lowest BCUT2D eigenvalue weighted by Gasteiger charge is -2.06. The second kappa shape index (κ2) is 8.01. The molecule has 1 amide bonds. The molecule has 3 aromatic carbocycles. The van der Waals surface area contributed by atoms with Crippen molar-refractivity contribution in [3.63, 3.8) is 0 Å². The summed E-state index contributed by atoms with van der Waals surface area (Å²) in [6.45, 7) is -0.418. The number of ether oxygens (including phenoxy) is 1. The lowest BCUT2D eigenvalue weighted by Crippen LogP contribution is -2.17. The Hall–Kier alpha value is -3.87. The monoisotopic (exact) mass is 364 g/mol. The van der Waals surface area contributed by atoms with Gasteiger partial charge >= 0.3 is 5.97 Å². The summed E-state index contributed by atoms with van der Waals surface area (Å²) in [4.78, 5) is 22.7. The maximum Gasteiger partial charge on any atom is 0.341 e. The number of rotatable bonds is 6. The lowest BCUT2D eigenvalue weighted by atomic mass is 10.1. The standard InChI is InChI=1S/C20H16N2O5/c23-18-10-15-4-2-1-3-14(15)9-17(18)20(26)22-21-11-13-5-7-16(8-6-13)27-12-19(24)25/h1-11,23H,12H2,(H,22,26)(H,24,25)/b21-11+. The maximum atomic E-state index is 12.2. The van der Waals surface area contributed by atoms with Gasteiger partial charge in [-0.15, -0.1) is 0 Å². The molecule has 3 N–H and O–H groups in total. The van der Waals surface area contributed by atoms with Gasteiger partial charge in [0.2, 0.25) is 0 Å². The highest BCUT2D eigenvalue weighted by Gasteiger charge is 2.11. The van der Waals surface area contributed by atoms with Crippen LogP contribution in [0.25, 0.3) is 10.8 Å². The molecule has 0 unspecified atom stereocenters. The number of carbonyl (C=O) groups excluding carboxylic acids is 1. The van der Waals surface area contributed by atoms with E-state index < -0.39 is 18.5 Å². The second-order valence-electron chi connectivity index (χ2n) is 5.67. The number of amides is 1. The Morgan fingerprint density at radius 1 is 1.04 bits per heavy atom. The molecule has 7 heteroatoms. The molecule has 0 aliphatic heterocycles. The fraction of sp³-hybridized carbons (Fsp3) is 0.0500. The van der Waals surface area contributed by atoms with Gasteiger partial charge < -0.3 is 14.9 Å². The number of phenols is 1. The van der Waals surface area contributed by atoms with Gasteiger partial charge in [0.05, 0.1) is 11.8 Å². The van der Waals surface area contributed by atoms with Crippen LogP contribution in [0.2, 0.25) is 0 Å². The third kappa shape index (κ3) is 4.60.